The van der Waals surface area contributed by atoms with Gasteiger partial charge in [0.25, 0.3) is 0 Å². The van der Waals surface area contributed by atoms with Gasteiger partial charge in [0.05, 0.1) is 12.3 Å². The van der Waals surface area contributed by atoms with E-state index in [1.54, 1.807) is 0 Å². The van der Waals surface area contributed by atoms with E-state index >= 15 is 0 Å². The second kappa shape index (κ2) is 3.80. The van der Waals surface area contributed by atoms with E-state index in [0.717, 1.165) is 10.0 Å². The maximum absolute atomic E-state index is 11.7. The number of nitrogens with zero attached hydrogens (tertiary/aromatic N) is 3. The summed E-state index contributed by atoms with van der Waals surface area (Å²) in [5.41, 5.74) is 0. The highest BCUT2D eigenvalue weighted by Gasteiger charge is 2.33. The van der Waals surface area contributed by atoms with Gasteiger partial charge in [-0.05, 0) is 12.8 Å². The van der Waals surface area contributed by atoms with Crippen LogP contribution >= 0.6 is 11.3 Å². The molecule has 1 aromatic heterocycles. The van der Waals surface area contributed by atoms with E-state index in [0.29, 0.717) is 13.1 Å². The molecule has 0 bridgehead atoms. The molecule has 1 aromatic rings. The minimum atomic E-state index is -3.05. The van der Waals surface area contributed by atoms with E-state index in [9.17, 15) is 8.42 Å². The molecular weight excluding hydrogens is 234 g/mol. The van der Waals surface area contributed by atoms with Gasteiger partial charge in [0.2, 0.25) is 10.0 Å². The van der Waals surface area contributed by atoms with Crippen molar-refractivity contribution in [3.63, 3.8) is 0 Å². The van der Waals surface area contributed by atoms with E-state index in [1.807, 2.05) is 13.8 Å². The molecule has 1 fully saturated rings. The van der Waals surface area contributed by atoms with Crippen LogP contribution in [0.25, 0.3) is 0 Å². The predicted octanol–water partition coefficient (Wildman–Crippen LogP) is 0.628. The van der Waals surface area contributed by atoms with Crippen molar-refractivity contribution in [2.45, 2.75) is 20.4 Å². The Bertz CT molecular complexity index is 454. The van der Waals surface area contributed by atoms with Crippen LogP contribution in [0.5, 0.6) is 0 Å². The molecule has 0 amide bonds. The third-order valence-corrected chi connectivity index (χ3v) is 5.16. The maximum Gasteiger partial charge on any atom is 0.214 e. The van der Waals surface area contributed by atoms with Crippen molar-refractivity contribution in [3.8, 4) is 0 Å². The second-order valence-electron chi connectivity index (χ2n) is 3.89. The molecule has 2 heterocycles. The highest BCUT2D eigenvalue weighted by Crippen LogP contribution is 2.22. The Morgan fingerprint density at radius 1 is 1.53 bits per heavy atom. The molecule has 1 aliphatic rings. The van der Waals surface area contributed by atoms with Crippen LogP contribution in [0.3, 0.4) is 0 Å². The third kappa shape index (κ3) is 2.35. The Morgan fingerprint density at radius 3 is 2.73 bits per heavy atom. The molecular formula is C8H13N3O2S2. The summed E-state index contributed by atoms with van der Waals surface area (Å²) in [7, 11) is -3.05. The van der Waals surface area contributed by atoms with Crippen molar-refractivity contribution < 1.29 is 8.42 Å². The Labute approximate surface area is 93.2 Å². The fraction of sp³-hybridized carbons (Fsp3) is 0.750. The Hall–Kier alpha value is -0.530. The molecule has 7 heteroatoms. The van der Waals surface area contributed by atoms with Crippen molar-refractivity contribution in [1.29, 1.82) is 0 Å². The van der Waals surface area contributed by atoms with Crippen LogP contribution in [0.1, 0.15) is 16.9 Å². The number of sulfonamides is 1. The first-order valence-corrected chi connectivity index (χ1v) is 7.17. The summed E-state index contributed by atoms with van der Waals surface area (Å²) in [5, 5.41) is 9.44. The summed E-state index contributed by atoms with van der Waals surface area (Å²) >= 11 is 1.45. The van der Waals surface area contributed by atoms with Crippen LogP contribution < -0.4 is 0 Å². The van der Waals surface area contributed by atoms with Gasteiger partial charge in [-0.3, -0.25) is 0 Å². The van der Waals surface area contributed by atoms with Crippen LogP contribution in [0, 0.1) is 12.8 Å². The second-order valence-corrected chi connectivity index (χ2v) is 7.17. The van der Waals surface area contributed by atoms with Gasteiger partial charge in [-0.15, -0.1) is 21.5 Å². The lowest BCUT2D eigenvalue weighted by atomic mass is 10.2. The lowest BCUT2D eigenvalue weighted by Gasteiger charge is -2.11. The molecule has 0 saturated carbocycles. The quantitative estimate of drug-likeness (QED) is 0.769. The number of rotatable bonds is 2. The monoisotopic (exact) mass is 247 g/mol. The van der Waals surface area contributed by atoms with Crippen LogP contribution in [-0.2, 0) is 16.6 Å². The molecule has 1 atom stereocenters. The third-order valence-electron chi connectivity index (χ3n) is 2.28. The fourth-order valence-corrected chi connectivity index (χ4v) is 4.34. The normalized spacial score (nSPS) is 25.9. The first-order chi connectivity index (χ1) is 6.97. The fourth-order valence-electron chi connectivity index (χ4n) is 1.69. The highest BCUT2D eigenvalue weighted by molar-refractivity contribution is 7.89. The molecule has 84 valence electrons. The van der Waals surface area contributed by atoms with Gasteiger partial charge in [-0.1, -0.05) is 6.92 Å². The number of aryl methyl sites for hydroxylation is 1. The van der Waals surface area contributed by atoms with Gasteiger partial charge in [0.1, 0.15) is 10.0 Å². The predicted molar refractivity (Wildman–Crippen MR) is 58.0 cm³/mol. The summed E-state index contributed by atoms with van der Waals surface area (Å²) in [6.45, 7) is 4.78. The van der Waals surface area contributed by atoms with Gasteiger partial charge in [-0.25, -0.2) is 8.42 Å². The van der Waals surface area contributed by atoms with Gasteiger partial charge in [-0.2, -0.15) is 4.31 Å². The standard InChI is InChI=1S/C8H13N3O2S2/c1-6-3-11(15(12,13)5-6)4-8-10-9-7(2)14-8/h6H,3-5H2,1-2H3. The van der Waals surface area contributed by atoms with Crippen LogP contribution in [0.2, 0.25) is 0 Å². The molecule has 5 nitrogen and oxygen atoms in total. The molecule has 0 spiro atoms. The van der Waals surface area contributed by atoms with Crippen LogP contribution in [0.4, 0.5) is 0 Å². The summed E-state index contributed by atoms with van der Waals surface area (Å²) in [6.07, 6.45) is 0. The zero-order valence-corrected chi connectivity index (χ0v) is 10.3. The Balaban J connectivity index is 2.13. The van der Waals surface area contributed by atoms with Gasteiger partial charge >= 0.3 is 0 Å². The van der Waals surface area contributed by atoms with Crippen molar-refractivity contribution in [3.05, 3.63) is 10.0 Å². The van der Waals surface area contributed by atoms with Gasteiger partial charge < -0.3 is 0 Å². The minimum Gasteiger partial charge on any atom is -0.212 e. The van der Waals surface area contributed by atoms with E-state index in [-0.39, 0.29) is 11.7 Å². The number of aromatic nitrogens is 2. The van der Waals surface area contributed by atoms with Crippen molar-refractivity contribution in [1.82, 2.24) is 14.5 Å². The van der Waals surface area contributed by atoms with Crippen molar-refractivity contribution in [2.24, 2.45) is 5.92 Å². The Kier molecular flexibility index (Phi) is 2.78. The van der Waals surface area contributed by atoms with E-state index < -0.39 is 10.0 Å². The largest absolute Gasteiger partial charge is 0.214 e. The van der Waals surface area contributed by atoms with Crippen molar-refractivity contribution >= 4 is 21.4 Å². The molecule has 0 N–H and O–H groups in total. The molecule has 1 unspecified atom stereocenters. The first kappa shape index (κ1) is 11.0. The van der Waals surface area contributed by atoms with Gasteiger partial charge in [0, 0.05) is 6.54 Å². The number of hydrogen-bond acceptors (Lipinski definition) is 5. The van der Waals surface area contributed by atoms with Crippen LogP contribution in [-0.4, -0.2) is 35.2 Å². The summed E-state index contributed by atoms with van der Waals surface area (Å²) in [5.74, 6) is 0.467. The average molecular weight is 247 g/mol. The lowest BCUT2D eigenvalue weighted by molar-refractivity contribution is 0.407. The minimum absolute atomic E-state index is 0.212. The molecule has 1 saturated heterocycles. The van der Waals surface area contributed by atoms with Crippen molar-refractivity contribution in [2.75, 3.05) is 12.3 Å². The SMILES string of the molecule is Cc1nnc(CN2CC(C)CS2(=O)=O)s1. The highest BCUT2D eigenvalue weighted by atomic mass is 32.2. The molecule has 1 aliphatic heterocycles. The summed E-state index contributed by atoms with van der Waals surface area (Å²) in [6, 6.07) is 0. The van der Waals surface area contributed by atoms with E-state index in [4.69, 9.17) is 0 Å². The summed E-state index contributed by atoms with van der Waals surface area (Å²) in [4.78, 5) is 0. The molecule has 0 aliphatic carbocycles. The Morgan fingerprint density at radius 2 is 2.27 bits per heavy atom. The van der Waals surface area contributed by atoms with Gasteiger partial charge in [0.15, 0.2) is 0 Å². The lowest BCUT2D eigenvalue weighted by Crippen LogP contribution is -2.25. The average Bonchev–Trinajstić information content (AvgIpc) is 2.58. The van der Waals surface area contributed by atoms with E-state index in [1.165, 1.54) is 15.6 Å². The zero-order valence-electron chi connectivity index (χ0n) is 8.67. The zero-order chi connectivity index (χ0) is 11.1. The molecule has 15 heavy (non-hydrogen) atoms. The van der Waals surface area contributed by atoms with E-state index in [2.05, 4.69) is 10.2 Å². The smallest absolute Gasteiger partial charge is 0.212 e. The topological polar surface area (TPSA) is 63.2 Å². The molecule has 0 aromatic carbocycles. The first-order valence-electron chi connectivity index (χ1n) is 4.74. The number of hydrogen-bond donors (Lipinski definition) is 0. The maximum atomic E-state index is 11.7. The molecule has 2 rings (SSSR count). The van der Waals surface area contributed by atoms with Crippen LogP contribution in [0.15, 0.2) is 0 Å². The molecule has 0 radical (unpaired) electrons. The summed E-state index contributed by atoms with van der Waals surface area (Å²) < 4.78 is 24.8.